The van der Waals surface area contributed by atoms with Crippen LogP contribution in [-0.2, 0) is 0 Å². The second kappa shape index (κ2) is 7.12. The first-order valence-corrected chi connectivity index (χ1v) is 6.95. The van der Waals surface area contributed by atoms with E-state index in [0.29, 0.717) is 18.0 Å². The molecule has 0 bridgehead atoms. The van der Waals surface area contributed by atoms with Crippen molar-refractivity contribution in [3.8, 4) is 11.8 Å². The summed E-state index contributed by atoms with van der Waals surface area (Å²) in [5.41, 5.74) is 8.00. The third kappa shape index (κ3) is 3.85. The molecule has 0 saturated carbocycles. The van der Waals surface area contributed by atoms with Gasteiger partial charge in [-0.2, -0.15) is 0 Å². The highest BCUT2D eigenvalue weighted by atomic mass is 16.2. The smallest absolute Gasteiger partial charge is 0.253 e. The van der Waals surface area contributed by atoms with Crippen LogP contribution in [0.4, 0.5) is 0 Å². The second-order valence-corrected chi connectivity index (χ2v) is 5.44. The molecule has 0 heterocycles. The average Bonchev–Trinajstić information content (AvgIpc) is 2.43. The Hall–Kier alpha value is -1.79. The molecule has 0 aliphatic heterocycles. The van der Waals surface area contributed by atoms with Crippen molar-refractivity contribution in [2.24, 2.45) is 11.7 Å². The minimum absolute atomic E-state index is 0.0487. The molecule has 1 unspecified atom stereocenters. The first kappa shape index (κ1) is 16.3. The molecule has 0 aromatic heterocycles. The fourth-order valence-electron chi connectivity index (χ4n) is 1.92. The lowest BCUT2D eigenvalue weighted by atomic mass is 10.0. The zero-order chi connectivity index (χ0) is 15.3. The molecule has 3 nitrogen and oxygen atoms in total. The summed E-state index contributed by atoms with van der Waals surface area (Å²) in [5, 5.41) is 0. The van der Waals surface area contributed by atoms with Gasteiger partial charge in [-0.3, -0.25) is 4.79 Å². The van der Waals surface area contributed by atoms with Gasteiger partial charge in [0.15, 0.2) is 0 Å². The Labute approximate surface area is 122 Å². The summed E-state index contributed by atoms with van der Waals surface area (Å²) in [6.07, 6.45) is 0. The molecule has 1 aromatic rings. The molecule has 20 heavy (non-hydrogen) atoms. The number of aryl methyl sites for hydroxylation is 1. The Kier molecular flexibility index (Phi) is 5.79. The average molecular weight is 272 g/mol. The normalized spacial score (nSPS) is 11.8. The van der Waals surface area contributed by atoms with Crippen LogP contribution in [0.25, 0.3) is 0 Å². The van der Waals surface area contributed by atoms with Gasteiger partial charge in [0.1, 0.15) is 0 Å². The molecule has 0 aliphatic rings. The standard InChI is InChI=1S/C17H24N2O/c1-12(2)14(4)19(5)17(20)16-9-8-15(7-6-10-18)13(3)11-16/h8-9,11-12,14H,10,18H2,1-5H3. The van der Waals surface area contributed by atoms with Crippen LogP contribution in [-0.4, -0.2) is 30.4 Å². The monoisotopic (exact) mass is 272 g/mol. The van der Waals surface area contributed by atoms with E-state index in [1.165, 1.54) is 0 Å². The van der Waals surface area contributed by atoms with Crippen molar-refractivity contribution < 1.29 is 4.79 Å². The third-order valence-electron chi connectivity index (χ3n) is 3.69. The van der Waals surface area contributed by atoms with Gasteiger partial charge in [0.2, 0.25) is 0 Å². The SMILES string of the molecule is Cc1cc(C(=O)N(C)C(C)C(C)C)ccc1C#CCN. The predicted molar refractivity (Wildman–Crippen MR) is 83.5 cm³/mol. The van der Waals surface area contributed by atoms with Crippen molar-refractivity contribution >= 4 is 5.91 Å². The summed E-state index contributed by atoms with van der Waals surface area (Å²) in [6, 6.07) is 5.82. The van der Waals surface area contributed by atoms with Gasteiger partial charge < -0.3 is 10.6 Å². The maximum Gasteiger partial charge on any atom is 0.253 e. The minimum Gasteiger partial charge on any atom is -0.339 e. The zero-order valence-electron chi connectivity index (χ0n) is 13.0. The summed E-state index contributed by atoms with van der Waals surface area (Å²) in [5.74, 6) is 6.32. The third-order valence-corrected chi connectivity index (χ3v) is 3.69. The summed E-state index contributed by atoms with van der Waals surface area (Å²) in [6.45, 7) is 8.60. The first-order chi connectivity index (χ1) is 9.38. The van der Waals surface area contributed by atoms with Crippen molar-refractivity contribution in [2.45, 2.75) is 33.7 Å². The van der Waals surface area contributed by atoms with Gasteiger partial charge in [-0.15, -0.1) is 0 Å². The molecule has 1 aromatic carbocycles. The zero-order valence-corrected chi connectivity index (χ0v) is 13.0. The Morgan fingerprint density at radius 3 is 2.50 bits per heavy atom. The lowest BCUT2D eigenvalue weighted by Gasteiger charge is -2.28. The lowest BCUT2D eigenvalue weighted by molar-refractivity contribution is 0.0707. The molecule has 3 heteroatoms. The van der Waals surface area contributed by atoms with Crippen molar-refractivity contribution in [1.29, 1.82) is 0 Å². The Morgan fingerprint density at radius 1 is 1.35 bits per heavy atom. The van der Waals surface area contributed by atoms with Crippen LogP contribution in [0.15, 0.2) is 18.2 Å². The molecule has 1 amide bonds. The van der Waals surface area contributed by atoms with Crippen LogP contribution in [0.3, 0.4) is 0 Å². The number of nitrogens with two attached hydrogens (primary N) is 1. The number of carbonyl (C=O) groups excluding carboxylic acids is 1. The number of rotatable bonds is 3. The predicted octanol–water partition coefficient (Wildman–Crippen LogP) is 2.42. The fourth-order valence-corrected chi connectivity index (χ4v) is 1.92. The molecule has 0 aliphatic carbocycles. The molecule has 1 atom stereocenters. The highest BCUT2D eigenvalue weighted by Gasteiger charge is 2.20. The molecular weight excluding hydrogens is 248 g/mol. The van der Waals surface area contributed by atoms with Gasteiger partial charge in [-0.1, -0.05) is 25.7 Å². The first-order valence-electron chi connectivity index (χ1n) is 6.95. The van der Waals surface area contributed by atoms with Crippen LogP contribution in [0.2, 0.25) is 0 Å². The molecule has 0 spiro atoms. The van der Waals surface area contributed by atoms with E-state index < -0.39 is 0 Å². The molecule has 108 valence electrons. The quantitative estimate of drug-likeness (QED) is 0.859. The van der Waals surface area contributed by atoms with E-state index in [0.717, 1.165) is 11.1 Å². The van der Waals surface area contributed by atoms with E-state index in [1.807, 2.05) is 32.2 Å². The molecular formula is C17H24N2O. The van der Waals surface area contributed by atoms with E-state index in [4.69, 9.17) is 5.73 Å². The number of carbonyl (C=O) groups is 1. The van der Waals surface area contributed by atoms with Gasteiger partial charge in [0, 0.05) is 24.2 Å². The summed E-state index contributed by atoms with van der Waals surface area (Å²) in [7, 11) is 1.85. The summed E-state index contributed by atoms with van der Waals surface area (Å²) >= 11 is 0. The van der Waals surface area contributed by atoms with Crippen LogP contribution < -0.4 is 5.73 Å². The molecule has 0 radical (unpaired) electrons. The number of hydrogen-bond donors (Lipinski definition) is 1. The van der Waals surface area contributed by atoms with E-state index in [1.54, 1.807) is 4.90 Å². The van der Waals surface area contributed by atoms with E-state index in [-0.39, 0.29) is 11.9 Å². The van der Waals surface area contributed by atoms with E-state index in [2.05, 4.69) is 32.6 Å². The van der Waals surface area contributed by atoms with Crippen LogP contribution in [0.5, 0.6) is 0 Å². The van der Waals surface area contributed by atoms with E-state index in [9.17, 15) is 4.79 Å². The van der Waals surface area contributed by atoms with Crippen molar-refractivity contribution in [1.82, 2.24) is 4.90 Å². The van der Waals surface area contributed by atoms with Gasteiger partial charge >= 0.3 is 0 Å². The largest absolute Gasteiger partial charge is 0.339 e. The van der Waals surface area contributed by atoms with Gasteiger partial charge in [0.25, 0.3) is 5.91 Å². The van der Waals surface area contributed by atoms with Crippen molar-refractivity contribution in [3.05, 3.63) is 34.9 Å². The maximum atomic E-state index is 12.4. The number of amides is 1. The van der Waals surface area contributed by atoms with Crippen LogP contribution >= 0.6 is 0 Å². The number of benzene rings is 1. The Balaban J connectivity index is 2.98. The second-order valence-electron chi connectivity index (χ2n) is 5.44. The summed E-state index contributed by atoms with van der Waals surface area (Å²) < 4.78 is 0. The molecule has 0 saturated heterocycles. The van der Waals surface area contributed by atoms with Crippen molar-refractivity contribution in [2.75, 3.05) is 13.6 Å². The lowest BCUT2D eigenvalue weighted by Crippen LogP contribution is -2.38. The maximum absolute atomic E-state index is 12.4. The van der Waals surface area contributed by atoms with Crippen LogP contribution in [0.1, 0.15) is 42.3 Å². The van der Waals surface area contributed by atoms with Gasteiger partial charge in [0.05, 0.1) is 6.54 Å². The highest BCUT2D eigenvalue weighted by Crippen LogP contribution is 2.15. The molecule has 1 rings (SSSR count). The molecule has 2 N–H and O–H groups in total. The van der Waals surface area contributed by atoms with Gasteiger partial charge in [-0.25, -0.2) is 0 Å². The number of hydrogen-bond acceptors (Lipinski definition) is 2. The summed E-state index contributed by atoms with van der Waals surface area (Å²) in [4.78, 5) is 14.2. The Morgan fingerprint density at radius 2 is 2.00 bits per heavy atom. The van der Waals surface area contributed by atoms with Crippen molar-refractivity contribution in [3.63, 3.8) is 0 Å². The number of nitrogens with zero attached hydrogens (tertiary/aromatic N) is 1. The Bertz CT molecular complexity index is 538. The van der Waals surface area contributed by atoms with Gasteiger partial charge in [-0.05, 0) is 43.5 Å². The van der Waals surface area contributed by atoms with Crippen LogP contribution in [0, 0.1) is 24.7 Å². The fraction of sp³-hybridized carbons (Fsp3) is 0.471. The van der Waals surface area contributed by atoms with E-state index >= 15 is 0 Å². The topological polar surface area (TPSA) is 46.3 Å². The minimum atomic E-state index is 0.0487. The highest BCUT2D eigenvalue weighted by molar-refractivity contribution is 5.94. The molecule has 0 fully saturated rings.